The Morgan fingerprint density at radius 2 is 2.55 bits per heavy atom. The molecule has 1 aromatic heterocycles. The van der Waals surface area contributed by atoms with E-state index in [2.05, 4.69) is 15.4 Å². The first-order valence-corrected chi connectivity index (χ1v) is 4.92. The van der Waals surface area contributed by atoms with Crippen molar-refractivity contribution in [3.05, 3.63) is 6.20 Å². The summed E-state index contributed by atoms with van der Waals surface area (Å²) in [5.41, 5.74) is 0. The number of aromatic amines is 1. The molecule has 0 saturated heterocycles. The van der Waals surface area contributed by atoms with Crippen molar-refractivity contribution in [3.8, 4) is 0 Å². The van der Waals surface area contributed by atoms with Crippen molar-refractivity contribution in [3.63, 3.8) is 0 Å². The zero-order valence-corrected chi connectivity index (χ0v) is 6.80. The summed E-state index contributed by atoms with van der Waals surface area (Å²) in [6, 6.07) is 0. The molecule has 0 aromatic carbocycles. The van der Waals surface area contributed by atoms with Gasteiger partial charge in [0.05, 0.1) is 17.0 Å². The van der Waals surface area contributed by atoms with Gasteiger partial charge in [0, 0.05) is 5.75 Å². The van der Waals surface area contributed by atoms with Crippen LogP contribution in [0.1, 0.15) is 12.8 Å². The molecule has 1 saturated carbocycles. The third-order valence-corrected chi connectivity index (χ3v) is 3.15. The van der Waals surface area contributed by atoms with E-state index in [1.165, 1.54) is 19.0 Å². The Morgan fingerprint density at radius 1 is 1.73 bits per heavy atom. The number of aromatic nitrogens is 3. The van der Waals surface area contributed by atoms with Crippen LogP contribution in [0.2, 0.25) is 0 Å². The van der Waals surface area contributed by atoms with Gasteiger partial charge in [0.15, 0.2) is 5.03 Å². The maximum Gasteiger partial charge on any atom is 0.169 e. The predicted octanol–water partition coefficient (Wildman–Crippen LogP) is 0.322. The molecule has 11 heavy (non-hydrogen) atoms. The fourth-order valence-corrected chi connectivity index (χ4v) is 2.13. The second kappa shape index (κ2) is 2.73. The van der Waals surface area contributed by atoms with Gasteiger partial charge in [0.2, 0.25) is 0 Å². The lowest BCUT2D eigenvalue weighted by Gasteiger charge is -1.92. The van der Waals surface area contributed by atoms with Gasteiger partial charge < -0.3 is 0 Å². The molecule has 1 aliphatic carbocycles. The molecular weight excluding hydrogens is 162 g/mol. The van der Waals surface area contributed by atoms with E-state index < -0.39 is 10.8 Å². The summed E-state index contributed by atoms with van der Waals surface area (Å²) < 4.78 is 11.3. The molecule has 0 spiro atoms. The van der Waals surface area contributed by atoms with E-state index in [9.17, 15) is 4.21 Å². The molecule has 60 valence electrons. The molecule has 5 heteroatoms. The van der Waals surface area contributed by atoms with Crippen LogP contribution in [0.5, 0.6) is 0 Å². The van der Waals surface area contributed by atoms with E-state index in [0.29, 0.717) is 10.9 Å². The summed E-state index contributed by atoms with van der Waals surface area (Å²) >= 11 is 0. The van der Waals surface area contributed by atoms with Crippen LogP contribution in [0.25, 0.3) is 0 Å². The molecular formula is C6H9N3OS. The second-order valence-electron chi connectivity index (χ2n) is 2.76. The molecule has 1 atom stereocenters. The summed E-state index contributed by atoms with van der Waals surface area (Å²) in [7, 11) is -0.925. The lowest BCUT2D eigenvalue weighted by Crippen LogP contribution is -1.99. The Balaban J connectivity index is 1.99. The Bertz CT molecular complexity index is 255. The lowest BCUT2D eigenvalue weighted by molar-refractivity contribution is 0.676. The average molecular weight is 171 g/mol. The third kappa shape index (κ3) is 1.65. The van der Waals surface area contributed by atoms with E-state index in [1.54, 1.807) is 0 Å². The number of nitrogens with one attached hydrogen (secondary N) is 1. The molecule has 0 aliphatic heterocycles. The number of nitrogens with zero attached hydrogens (tertiary/aromatic N) is 2. The highest BCUT2D eigenvalue weighted by Crippen LogP contribution is 2.30. The number of H-pyrrole nitrogens is 1. The first-order chi connectivity index (χ1) is 5.36. The van der Waals surface area contributed by atoms with Crippen LogP contribution >= 0.6 is 0 Å². The maximum absolute atomic E-state index is 11.3. The van der Waals surface area contributed by atoms with E-state index in [-0.39, 0.29) is 0 Å². The minimum Gasteiger partial charge on any atom is -0.253 e. The van der Waals surface area contributed by atoms with Gasteiger partial charge in [-0.15, -0.1) is 5.10 Å². The number of hydrogen-bond acceptors (Lipinski definition) is 3. The van der Waals surface area contributed by atoms with Gasteiger partial charge in [-0.25, -0.2) is 0 Å². The normalized spacial score (nSPS) is 20.0. The molecule has 4 nitrogen and oxygen atoms in total. The summed E-state index contributed by atoms with van der Waals surface area (Å²) in [6.07, 6.45) is 3.98. The molecule has 1 unspecified atom stereocenters. The second-order valence-corrected chi connectivity index (χ2v) is 4.21. The highest BCUT2D eigenvalue weighted by Gasteiger charge is 2.24. The zero-order chi connectivity index (χ0) is 7.68. The summed E-state index contributed by atoms with van der Waals surface area (Å²) in [4.78, 5) is 0. The van der Waals surface area contributed by atoms with Crippen LogP contribution in [0.4, 0.5) is 0 Å². The molecule has 1 N–H and O–H groups in total. The van der Waals surface area contributed by atoms with Gasteiger partial charge in [-0.2, -0.15) is 10.3 Å². The zero-order valence-electron chi connectivity index (χ0n) is 5.99. The van der Waals surface area contributed by atoms with Crippen LogP contribution in [0, 0.1) is 5.92 Å². The van der Waals surface area contributed by atoms with Crippen LogP contribution in [-0.2, 0) is 10.8 Å². The van der Waals surface area contributed by atoms with Crippen LogP contribution in [0.15, 0.2) is 11.2 Å². The summed E-state index contributed by atoms with van der Waals surface area (Å²) in [6.45, 7) is 0. The third-order valence-electron chi connectivity index (χ3n) is 1.71. The van der Waals surface area contributed by atoms with Gasteiger partial charge in [0.25, 0.3) is 0 Å². The first-order valence-electron chi connectivity index (χ1n) is 3.60. The van der Waals surface area contributed by atoms with Crippen molar-refractivity contribution in [2.24, 2.45) is 5.92 Å². The fourth-order valence-electron chi connectivity index (χ4n) is 0.885. The molecule has 1 aliphatic rings. The molecule has 1 fully saturated rings. The van der Waals surface area contributed by atoms with E-state index >= 15 is 0 Å². The van der Waals surface area contributed by atoms with Crippen molar-refractivity contribution < 1.29 is 4.21 Å². The van der Waals surface area contributed by atoms with Crippen LogP contribution < -0.4 is 0 Å². The summed E-state index contributed by atoms with van der Waals surface area (Å²) in [5.74, 6) is 1.43. The quantitative estimate of drug-likeness (QED) is 0.712. The minimum atomic E-state index is -0.925. The monoisotopic (exact) mass is 171 g/mol. The fraction of sp³-hybridized carbons (Fsp3) is 0.667. The predicted molar refractivity (Wildman–Crippen MR) is 40.4 cm³/mol. The van der Waals surface area contributed by atoms with Gasteiger partial charge in [-0.1, -0.05) is 0 Å². The molecule has 0 amide bonds. The van der Waals surface area contributed by atoms with Crippen molar-refractivity contribution in [2.45, 2.75) is 17.9 Å². The van der Waals surface area contributed by atoms with Crippen LogP contribution in [-0.4, -0.2) is 25.4 Å². The highest BCUT2D eigenvalue weighted by atomic mass is 32.2. The van der Waals surface area contributed by atoms with Crippen molar-refractivity contribution in [1.29, 1.82) is 0 Å². The van der Waals surface area contributed by atoms with Gasteiger partial charge >= 0.3 is 0 Å². The first kappa shape index (κ1) is 6.97. The average Bonchev–Trinajstić information content (AvgIpc) is 2.67. The topological polar surface area (TPSA) is 58.6 Å². The largest absolute Gasteiger partial charge is 0.253 e. The Kier molecular flexibility index (Phi) is 1.73. The lowest BCUT2D eigenvalue weighted by atomic mass is 10.5. The van der Waals surface area contributed by atoms with Crippen LogP contribution in [0.3, 0.4) is 0 Å². The number of hydrogen-bond donors (Lipinski definition) is 1. The van der Waals surface area contributed by atoms with E-state index in [4.69, 9.17) is 0 Å². The maximum atomic E-state index is 11.3. The molecule has 2 rings (SSSR count). The van der Waals surface area contributed by atoms with E-state index in [0.717, 1.165) is 5.75 Å². The van der Waals surface area contributed by atoms with Crippen molar-refractivity contribution >= 4 is 10.8 Å². The summed E-state index contributed by atoms with van der Waals surface area (Å²) in [5, 5.41) is 10.4. The minimum absolute atomic E-state index is 0.580. The standard InChI is InChI=1S/C6H9N3OS/c10-11(4-5-1-2-5)6-3-7-9-8-6/h3,5H,1-2,4H2,(H,7,8,9). The molecule has 1 heterocycles. The molecule has 0 bridgehead atoms. The Labute approximate surface area is 66.8 Å². The van der Waals surface area contributed by atoms with Gasteiger partial charge in [0.1, 0.15) is 0 Å². The van der Waals surface area contributed by atoms with Gasteiger partial charge in [-0.05, 0) is 18.8 Å². The van der Waals surface area contributed by atoms with Crippen molar-refractivity contribution in [2.75, 3.05) is 5.75 Å². The number of rotatable bonds is 3. The van der Waals surface area contributed by atoms with Gasteiger partial charge in [-0.3, -0.25) is 4.21 Å². The Morgan fingerprint density at radius 3 is 3.09 bits per heavy atom. The highest BCUT2D eigenvalue weighted by molar-refractivity contribution is 7.84. The Hall–Kier alpha value is -0.710. The molecule has 1 aromatic rings. The SMILES string of the molecule is O=S(CC1CC1)c1cn[nH]n1. The smallest absolute Gasteiger partial charge is 0.169 e. The van der Waals surface area contributed by atoms with Crippen molar-refractivity contribution in [1.82, 2.24) is 15.4 Å². The molecule has 0 radical (unpaired) electrons. The van der Waals surface area contributed by atoms with E-state index in [1.807, 2.05) is 0 Å².